The monoisotopic (exact) mass is 583 g/mol. The van der Waals surface area contributed by atoms with Crippen LogP contribution in [-0.2, 0) is 14.3 Å². The fourth-order valence-corrected chi connectivity index (χ4v) is 5.35. The van der Waals surface area contributed by atoms with Crippen molar-refractivity contribution < 1.29 is 27.9 Å². The van der Waals surface area contributed by atoms with Crippen LogP contribution < -0.4 is 10.6 Å². The highest BCUT2D eigenvalue weighted by Crippen LogP contribution is 2.37. The zero-order valence-corrected chi connectivity index (χ0v) is 23.1. The lowest BCUT2D eigenvalue weighted by molar-refractivity contribution is -0.129. The highest BCUT2D eigenvalue weighted by atomic mass is 35.5. The van der Waals surface area contributed by atoms with Crippen molar-refractivity contribution in [1.82, 2.24) is 14.9 Å². The normalized spacial score (nSPS) is 19.3. The van der Waals surface area contributed by atoms with Crippen LogP contribution in [0.25, 0.3) is 17.0 Å². The molecule has 0 fully saturated rings. The summed E-state index contributed by atoms with van der Waals surface area (Å²) in [6.07, 6.45) is 4.26. The van der Waals surface area contributed by atoms with Gasteiger partial charge in [0, 0.05) is 36.0 Å². The number of H-pyrrole nitrogens is 1. The van der Waals surface area contributed by atoms with Gasteiger partial charge in [-0.1, -0.05) is 24.9 Å². The molecule has 214 valence electrons. The lowest BCUT2D eigenvalue weighted by atomic mass is 9.94. The average molecular weight is 584 g/mol. The second kappa shape index (κ2) is 11.7. The minimum atomic E-state index is -0.891. The molecule has 2 atom stereocenters. The van der Waals surface area contributed by atoms with Gasteiger partial charge >= 0.3 is 6.09 Å². The zero-order valence-electron chi connectivity index (χ0n) is 22.4. The molecule has 0 spiro atoms. The number of anilines is 2. The zero-order chi connectivity index (χ0) is 29.3. The van der Waals surface area contributed by atoms with E-state index < -0.39 is 29.7 Å². The molecule has 0 radical (unpaired) electrons. The van der Waals surface area contributed by atoms with Gasteiger partial charge in [-0.25, -0.2) is 18.6 Å². The molecular formula is C29H28ClF2N5O4. The number of amides is 3. The van der Waals surface area contributed by atoms with Crippen LogP contribution in [0.5, 0.6) is 0 Å². The van der Waals surface area contributed by atoms with E-state index in [0.717, 1.165) is 12.1 Å². The molecule has 0 aliphatic carbocycles. The first kappa shape index (κ1) is 28.3. The predicted octanol–water partition coefficient (Wildman–Crippen LogP) is 6.30. The molecule has 3 heterocycles. The van der Waals surface area contributed by atoms with Crippen molar-refractivity contribution in [2.24, 2.45) is 5.92 Å². The van der Waals surface area contributed by atoms with Crippen LogP contribution >= 0.6 is 11.6 Å². The molecule has 5 rings (SSSR count). The van der Waals surface area contributed by atoms with Crippen LogP contribution in [0.4, 0.5) is 25.0 Å². The number of carbonyl (C=O) groups is 3. The summed E-state index contributed by atoms with van der Waals surface area (Å²) < 4.78 is 33.8. The Morgan fingerprint density at radius 2 is 2.00 bits per heavy atom. The molecule has 1 aromatic heterocycles. The van der Waals surface area contributed by atoms with Crippen LogP contribution in [0, 0.1) is 17.6 Å². The molecule has 0 saturated carbocycles. The molecular weight excluding hydrogens is 556 g/mol. The Kier molecular flexibility index (Phi) is 8.07. The maximum Gasteiger partial charge on any atom is 0.411 e. The van der Waals surface area contributed by atoms with E-state index in [2.05, 4.69) is 20.4 Å². The van der Waals surface area contributed by atoms with Crippen molar-refractivity contribution in [3.8, 4) is 11.4 Å². The van der Waals surface area contributed by atoms with Crippen LogP contribution in [0.3, 0.4) is 0 Å². The maximum atomic E-state index is 14.7. The van der Waals surface area contributed by atoms with E-state index in [1.54, 1.807) is 29.3 Å². The summed E-state index contributed by atoms with van der Waals surface area (Å²) in [7, 11) is 1.25. The molecule has 0 saturated heterocycles. The van der Waals surface area contributed by atoms with Gasteiger partial charge in [0.2, 0.25) is 11.8 Å². The lowest BCUT2D eigenvalue weighted by Gasteiger charge is -2.34. The number of hydrogen-bond acceptors (Lipinski definition) is 5. The van der Waals surface area contributed by atoms with Crippen molar-refractivity contribution in [3.05, 3.63) is 70.5 Å². The van der Waals surface area contributed by atoms with E-state index in [9.17, 15) is 23.2 Å². The largest absolute Gasteiger partial charge is 0.453 e. The van der Waals surface area contributed by atoms with Gasteiger partial charge in [-0.05, 0) is 55.2 Å². The quantitative estimate of drug-likeness (QED) is 0.313. The molecule has 3 amide bonds. The number of methoxy groups -OCH3 is 1. The van der Waals surface area contributed by atoms with Crippen LogP contribution in [0.2, 0.25) is 5.02 Å². The Morgan fingerprint density at radius 3 is 2.76 bits per heavy atom. The number of fused-ring (bicyclic) bond motifs is 4. The summed E-state index contributed by atoms with van der Waals surface area (Å²) in [6, 6.07) is 6.79. The number of nitrogens with zero attached hydrogens (tertiary/aromatic N) is 2. The third-order valence-electron chi connectivity index (χ3n) is 7.41. The first-order chi connectivity index (χ1) is 19.7. The third kappa shape index (κ3) is 5.81. The van der Waals surface area contributed by atoms with Crippen molar-refractivity contribution in [1.29, 1.82) is 0 Å². The van der Waals surface area contributed by atoms with Crippen LogP contribution in [-0.4, -0.2) is 46.4 Å². The summed E-state index contributed by atoms with van der Waals surface area (Å²) in [6.45, 7) is 2.04. The summed E-state index contributed by atoms with van der Waals surface area (Å²) in [5, 5.41) is 5.31. The number of aromatic amines is 1. The summed E-state index contributed by atoms with van der Waals surface area (Å²) in [5.74, 6) is -2.13. The van der Waals surface area contributed by atoms with E-state index in [0.29, 0.717) is 47.7 Å². The number of nitrogens with one attached hydrogen (secondary N) is 3. The van der Waals surface area contributed by atoms with Gasteiger partial charge in [0.1, 0.15) is 11.6 Å². The second-order valence-corrected chi connectivity index (χ2v) is 10.5. The molecule has 2 bridgehead atoms. The highest BCUT2D eigenvalue weighted by molar-refractivity contribution is 6.31. The number of hydrogen-bond donors (Lipinski definition) is 3. The Bertz CT molecular complexity index is 1560. The van der Waals surface area contributed by atoms with Crippen molar-refractivity contribution in [2.75, 3.05) is 24.3 Å². The molecule has 0 unspecified atom stereocenters. The molecule has 12 heteroatoms. The average Bonchev–Trinajstić information content (AvgIpc) is 3.43. The topological polar surface area (TPSA) is 116 Å². The number of imidazole rings is 1. The number of rotatable bonds is 3. The molecule has 2 aliphatic heterocycles. The van der Waals surface area contributed by atoms with Gasteiger partial charge in [0.05, 0.1) is 35.1 Å². The summed E-state index contributed by atoms with van der Waals surface area (Å²) in [4.78, 5) is 47.7. The standard InChI is InChI=1S/C29H28ClF2N5O4/c1-15-4-3-5-23(37-11-10-16(12-24(37)38)25-20(31)9-8-19(30)26(25)32)22-14-33-27(35-22)18-7-6-17(34-29(40)41-2)13-21(18)36-28(15)39/h6-9,12-15,23H,3-5,10-11H2,1-2H3,(H,33,35)(H,34,40)(H,36,39)/t15-,23-/m1/s1. The van der Waals surface area contributed by atoms with Gasteiger partial charge in [-0.15, -0.1) is 0 Å². The van der Waals surface area contributed by atoms with Gasteiger partial charge < -0.3 is 19.9 Å². The Hall–Kier alpha value is -4.25. The number of ether oxygens (including phenoxy) is 1. The first-order valence-corrected chi connectivity index (χ1v) is 13.5. The van der Waals surface area contributed by atoms with Crippen LogP contribution in [0.15, 0.2) is 42.6 Å². The lowest BCUT2D eigenvalue weighted by Crippen LogP contribution is -2.37. The van der Waals surface area contributed by atoms with Crippen molar-refractivity contribution in [2.45, 2.75) is 38.6 Å². The van der Waals surface area contributed by atoms with E-state index in [4.69, 9.17) is 16.6 Å². The van der Waals surface area contributed by atoms with Crippen molar-refractivity contribution in [3.63, 3.8) is 0 Å². The Labute approximate surface area is 239 Å². The molecule has 3 aromatic rings. The van der Waals surface area contributed by atoms with E-state index >= 15 is 0 Å². The van der Waals surface area contributed by atoms with Crippen molar-refractivity contribution >= 4 is 46.5 Å². The fraction of sp³-hybridized carbons (Fsp3) is 0.310. The molecule has 2 aliphatic rings. The third-order valence-corrected chi connectivity index (χ3v) is 7.70. The highest BCUT2D eigenvalue weighted by Gasteiger charge is 2.32. The minimum absolute atomic E-state index is 0.197. The summed E-state index contributed by atoms with van der Waals surface area (Å²) in [5.41, 5.74) is 2.03. The first-order valence-electron chi connectivity index (χ1n) is 13.2. The Balaban J connectivity index is 1.49. The van der Waals surface area contributed by atoms with E-state index in [1.807, 2.05) is 6.92 Å². The van der Waals surface area contributed by atoms with E-state index in [-0.39, 0.29) is 40.9 Å². The smallest absolute Gasteiger partial charge is 0.411 e. The molecule has 3 N–H and O–H groups in total. The van der Waals surface area contributed by atoms with Crippen LogP contribution in [0.1, 0.15) is 49.9 Å². The maximum absolute atomic E-state index is 14.7. The fourth-order valence-electron chi connectivity index (χ4n) is 5.20. The van der Waals surface area contributed by atoms with Gasteiger partial charge in [-0.2, -0.15) is 0 Å². The second-order valence-electron chi connectivity index (χ2n) is 10.1. The molecule has 41 heavy (non-hydrogen) atoms. The van der Waals surface area contributed by atoms with Gasteiger partial charge in [0.25, 0.3) is 0 Å². The molecule has 9 nitrogen and oxygen atoms in total. The molecule has 2 aromatic carbocycles. The van der Waals surface area contributed by atoms with Gasteiger partial charge in [0.15, 0.2) is 5.82 Å². The number of benzene rings is 2. The number of aromatic nitrogens is 2. The minimum Gasteiger partial charge on any atom is -0.453 e. The number of carbonyl (C=O) groups excluding carboxylic acids is 3. The predicted molar refractivity (Wildman–Crippen MR) is 150 cm³/mol. The summed E-state index contributed by atoms with van der Waals surface area (Å²) >= 11 is 5.87. The SMILES string of the molecule is COC(=O)Nc1ccc2c(c1)NC(=O)[C@H](C)CCC[C@@H](N1CCC(c3c(F)ccc(Cl)c3F)=CC1=O)c1c[nH]c-2n1. The Morgan fingerprint density at radius 1 is 1.20 bits per heavy atom. The van der Waals surface area contributed by atoms with E-state index in [1.165, 1.54) is 13.2 Å². The number of halogens is 3. The van der Waals surface area contributed by atoms with Gasteiger partial charge in [-0.3, -0.25) is 14.9 Å².